The van der Waals surface area contributed by atoms with Crippen LogP contribution in [0, 0.1) is 7.05 Å². The lowest BCUT2D eigenvalue weighted by molar-refractivity contribution is 0.210. The number of methoxy groups -OCH3 is 1. The maximum Gasteiger partial charge on any atom is 0.227 e. The van der Waals surface area contributed by atoms with Gasteiger partial charge in [-0.1, -0.05) is 0 Å². The van der Waals surface area contributed by atoms with Crippen molar-refractivity contribution >= 4 is 11.8 Å². The highest BCUT2D eigenvalue weighted by atomic mass is 16.5. The summed E-state index contributed by atoms with van der Waals surface area (Å²) in [4.78, 5) is 13.2. The number of nitrogens with zero attached hydrogens (tertiary/aromatic N) is 4. The fourth-order valence-corrected chi connectivity index (χ4v) is 2.09. The number of aromatic nitrogens is 2. The van der Waals surface area contributed by atoms with Crippen molar-refractivity contribution in [2.45, 2.75) is 13.0 Å². The van der Waals surface area contributed by atoms with Gasteiger partial charge in [0.05, 0.1) is 12.3 Å². The minimum absolute atomic E-state index is 0.664. The Morgan fingerprint density at radius 2 is 2.21 bits per heavy atom. The van der Waals surface area contributed by atoms with E-state index in [1.807, 2.05) is 23.9 Å². The van der Waals surface area contributed by atoms with E-state index >= 15 is 0 Å². The van der Waals surface area contributed by atoms with Crippen molar-refractivity contribution in [1.29, 1.82) is 0 Å². The monoisotopic (exact) mass is 264 g/mol. The molecule has 19 heavy (non-hydrogen) atoms. The third kappa shape index (κ3) is 3.33. The Labute approximate surface area is 114 Å². The zero-order valence-electron chi connectivity index (χ0n) is 11.9. The van der Waals surface area contributed by atoms with Gasteiger partial charge in [-0.2, -0.15) is 4.98 Å². The van der Waals surface area contributed by atoms with Crippen LogP contribution in [0.1, 0.15) is 11.3 Å². The highest BCUT2D eigenvalue weighted by Gasteiger charge is 2.18. The van der Waals surface area contributed by atoms with E-state index in [1.165, 1.54) is 5.56 Å². The first-order valence-electron chi connectivity index (χ1n) is 6.47. The number of anilines is 2. The summed E-state index contributed by atoms with van der Waals surface area (Å²) in [6.07, 6.45) is 0.932. The Kier molecular flexibility index (Phi) is 4.55. The predicted octanol–water partition coefficient (Wildman–Crippen LogP) is 0.751. The Balaban J connectivity index is 2.28. The van der Waals surface area contributed by atoms with E-state index in [1.54, 1.807) is 7.11 Å². The second-order valence-corrected chi connectivity index (χ2v) is 4.91. The molecule has 6 nitrogen and oxygen atoms in total. The molecule has 1 aliphatic rings. The van der Waals surface area contributed by atoms with Crippen LogP contribution in [0.25, 0.3) is 0 Å². The molecule has 2 rings (SSSR count). The van der Waals surface area contributed by atoms with Gasteiger partial charge in [-0.25, -0.2) is 4.98 Å². The van der Waals surface area contributed by atoms with E-state index in [4.69, 9.17) is 4.74 Å². The molecule has 0 saturated carbocycles. The van der Waals surface area contributed by atoms with Crippen LogP contribution in [0.3, 0.4) is 0 Å². The van der Waals surface area contributed by atoms with Crippen LogP contribution in [-0.2, 0) is 17.7 Å². The Bertz CT molecular complexity index is 435. The molecule has 0 radical (unpaired) electrons. The molecule has 0 spiro atoms. The summed E-state index contributed by atoms with van der Waals surface area (Å²) in [6, 6.07) is 0. The van der Waals surface area contributed by atoms with Crippen molar-refractivity contribution in [3.05, 3.63) is 18.3 Å². The molecular formula is C13H22N5O-. The van der Waals surface area contributed by atoms with Crippen molar-refractivity contribution in [2.24, 2.45) is 0 Å². The van der Waals surface area contributed by atoms with Gasteiger partial charge in [0, 0.05) is 39.9 Å². The Morgan fingerprint density at radius 1 is 1.42 bits per heavy atom. The molecule has 6 heteroatoms. The van der Waals surface area contributed by atoms with Gasteiger partial charge in [0.15, 0.2) is 0 Å². The van der Waals surface area contributed by atoms with Crippen LogP contribution < -0.4 is 10.2 Å². The molecule has 0 saturated heterocycles. The summed E-state index contributed by atoms with van der Waals surface area (Å²) < 4.78 is 5.07. The standard InChI is InChI=1S/C13H22N5O/c1-17(2)13-15-11-9-18(3)7-5-10(11)12(16-13)14-6-8-19-4/h3,5-9H2,1-2,4H3,(H,14,15,16)/q-1. The molecule has 0 fully saturated rings. The van der Waals surface area contributed by atoms with Gasteiger partial charge in [0.25, 0.3) is 0 Å². The van der Waals surface area contributed by atoms with E-state index in [0.29, 0.717) is 6.61 Å². The molecule has 1 aromatic heterocycles. The van der Waals surface area contributed by atoms with Gasteiger partial charge in [-0.3, -0.25) is 7.05 Å². The van der Waals surface area contributed by atoms with E-state index in [0.717, 1.165) is 43.5 Å². The Morgan fingerprint density at radius 3 is 2.89 bits per heavy atom. The van der Waals surface area contributed by atoms with Crippen LogP contribution in [0.4, 0.5) is 11.8 Å². The van der Waals surface area contributed by atoms with Crippen LogP contribution in [0.5, 0.6) is 0 Å². The second kappa shape index (κ2) is 6.16. The van der Waals surface area contributed by atoms with Crippen molar-refractivity contribution < 1.29 is 4.74 Å². The van der Waals surface area contributed by atoms with Crippen LogP contribution >= 0.6 is 0 Å². The van der Waals surface area contributed by atoms with E-state index in [-0.39, 0.29) is 0 Å². The highest BCUT2D eigenvalue weighted by Crippen LogP contribution is 2.25. The average Bonchev–Trinajstić information content (AvgIpc) is 2.38. The highest BCUT2D eigenvalue weighted by molar-refractivity contribution is 5.52. The molecule has 0 aliphatic carbocycles. The molecule has 0 bridgehead atoms. The number of hydrogen-bond donors (Lipinski definition) is 1. The minimum Gasteiger partial charge on any atom is -0.454 e. The van der Waals surface area contributed by atoms with E-state index < -0.39 is 0 Å². The van der Waals surface area contributed by atoms with Gasteiger partial charge >= 0.3 is 0 Å². The first-order valence-corrected chi connectivity index (χ1v) is 6.47. The third-order valence-corrected chi connectivity index (χ3v) is 3.13. The SMILES string of the molecule is [CH2-]N1CCc2c(nc(N(C)C)nc2NCCOC)C1. The number of nitrogens with one attached hydrogen (secondary N) is 1. The van der Waals surface area contributed by atoms with Gasteiger partial charge in [0.1, 0.15) is 5.82 Å². The lowest BCUT2D eigenvalue weighted by Crippen LogP contribution is -2.28. The van der Waals surface area contributed by atoms with Gasteiger partial charge < -0.3 is 19.9 Å². The number of rotatable bonds is 5. The zero-order chi connectivity index (χ0) is 13.8. The van der Waals surface area contributed by atoms with Gasteiger partial charge in [-0.05, 0) is 13.0 Å². The molecule has 1 aromatic rings. The first-order chi connectivity index (χ1) is 9.11. The molecule has 0 aromatic carbocycles. The number of hydrogen-bond acceptors (Lipinski definition) is 6. The quantitative estimate of drug-likeness (QED) is 0.626. The van der Waals surface area contributed by atoms with Gasteiger partial charge in [0.2, 0.25) is 5.95 Å². The third-order valence-electron chi connectivity index (χ3n) is 3.13. The summed E-state index contributed by atoms with van der Waals surface area (Å²) in [5, 5.41) is 3.34. The van der Waals surface area contributed by atoms with Crippen LogP contribution in [-0.4, -0.2) is 55.8 Å². The summed E-state index contributed by atoms with van der Waals surface area (Å²) in [6.45, 7) is 3.13. The maximum absolute atomic E-state index is 5.07. The largest absolute Gasteiger partial charge is 0.454 e. The van der Waals surface area contributed by atoms with E-state index in [9.17, 15) is 0 Å². The molecular weight excluding hydrogens is 242 g/mol. The average molecular weight is 264 g/mol. The molecule has 0 atom stereocenters. The van der Waals surface area contributed by atoms with Crippen LogP contribution in [0.2, 0.25) is 0 Å². The molecule has 0 amide bonds. The number of fused-ring (bicyclic) bond motifs is 1. The summed E-state index contributed by atoms with van der Waals surface area (Å²) in [5.41, 5.74) is 2.28. The molecule has 1 N–H and O–H groups in total. The van der Waals surface area contributed by atoms with Crippen molar-refractivity contribution in [1.82, 2.24) is 14.9 Å². The molecule has 1 aliphatic heterocycles. The lowest BCUT2D eigenvalue weighted by Gasteiger charge is -2.32. The second-order valence-electron chi connectivity index (χ2n) is 4.91. The van der Waals surface area contributed by atoms with Crippen LogP contribution in [0.15, 0.2) is 0 Å². The number of ether oxygens (including phenoxy) is 1. The molecule has 2 heterocycles. The van der Waals surface area contributed by atoms with Crippen molar-refractivity contribution in [3.8, 4) is 0 Å². The van der Waals surface area contributed by atoms with Crippen molar-refractivity contribution in [2.75, 3.05) is 51.1 Å². The smallest absolute Gasteiger partial charge is 0.227 e. The summed E-state index contributed by atoms with van der Waals surface area (Å²) in [5.74, 6) is 1.66. The van der Waals surface area contributed by atoms with Gasteiger partial charge in [-0.15, -0.1) is 0 Å². The molecule has 0 unspecified atom stereocenters. The fourth-order valence-electron chi connectivity index (χ4n) is 2.09. The summed E-state index contributed by atoms with van der Waals surface area (Å²) in [7, 11) is 9.59. The minimum atomic E-state index is 0.664. The first kappa shape index (κ1) is 14.0. The topological polar surface area (TPSA) is 53.5 Å². The van der Waals surface area contributed by atoms with Crippen molar-refractivity contribution in [3.63, 3.8) is 0 Å². The normalized spacial score (nSPS) is 15.2. The summed E-state index contributed by atoms with van der Waals surface area (Å²) >= 11 is 0. The fraction of sp³-hybridized carbons (Fsp3) is 0.615. The maximum atomic E-state index is 5.07. The zero-order valence-corrected chi connectivity index (χ0v) is 11.9. The van der Waals surface area contributed by atoms with E-state index in [2.05, 4.69) is 22.3 Å². The Hall–Kier alpha value is -1.40. The molecule has 106 valence electrons. The predicted molar refractivity (Wildman–Crippen MR) is 76.2 cm³/mol. The lowest BCUT2D eigenvalue weighted by atomic mass is 10.1.